The number of fused-ring (bicyclic) bond motifs is 3. The molecule has 0 unspecified atom stereocenters. The number of thiocarbonyl (C=S) groups is 1. The number of furan rings is 1. The first-order valence-electron chi connectivity index (χ1n) is 12.2. The maximum absolute atomic E-state index is 14.7. The number of benzene rings is 2. The highest BCUT2D eigenvalue weighted by Crippen LogP contribution is 2.66. The number of nitro benzene ring substituents is 1. The van der Waals surface area contributed by atoms with Crippen molar-refractivity contribution >= 4 is 51.5 Å². The minimum atomic E-state index is -1.40. The molecule has 4 heterocycles. The number of hydrogen-bond donors (Lipinski definition) is 1. The van der Waals surface area contributed by atoms with Gasteiger partial charge in [-0.25, -0.2) is 0 Å². The smallest absolute Gasteiger partial charge is 0.269 e. The molecule has 3 aliphatic rings. The molecule has 0 aliphatic carbocycles. The highest BCUT2D eigenvalue weighted by atomic mass is 32.2. The zero-order chi connectivity index (χ0) is 26.8. The third-order valence-electron chi connectivity index (χ3n) is 7.93. The summed E-state index contributed by atoms with van der Waals surface area (Å²) in [5, 5.41) is 14.7. The van der Waals surface area contributed by atoms with Crippen molar-refractivity contribution < 1.29 is 18.9 Å². The van der Waals surface area contributed by atoms with E-state index in [1.165, 1.54) is 35.1 Å². The monoisotopic (exact) mass is 548 g/mol. The standard InChI is InChI=1S/C27H24N4O5S2/c1-3-16-9-10-22-20(12-16)26(23(32)28-22)27(24(33)30(25(37)38-27)14-19-8-5-11-36-19)21(15-29(26)2)17-6-4-7-18(13-17)31(34)35/h4-13,21H,3,14-15H2,1-2H3,(H,28,32)/t21-,26-,27-/m1/s1. The molecule has 11 heteroatoms. The zero-order valence-corrected chi connectivity index (χ0v) is 22.3. The molecule has 2 spiro atoms. The lowest BCUT2D eigenvalue weighted by molar-refractivity contribution is -0.384. The van der Waals surface area contributed by atoms with Gasteiger partial charge in [-0.1, -0.05) is 55.2 Å². The summed E-state index contributed by atoms with van der Waals surface area (Å²) in [6, 6.07) is 15.7. The van der Waals surface area contributed by atoms with Crippen molar-refractivity contribution in [1.82, 2.24) is 9.80 Å². The first kappa shape index (κ1) is 24.8. The van der Waals surface area contributed by atoms with Gasteiger partial charge in [-0.15, -0.1) is 0 Å². The number of nitrogens with zero attached hydrogens (tertiary/aromatic N) is 3. The lowest BCUT2D eigenvalue weighted by atomic mass is 9.71. The Morgan fingerprint density at radius 1 is 1.21 bits per heavy atom. The minimum Gasteiger partial charge on any atom is -0.467 e. The van der Waals surface area contributed by atoms with E-state index < -0.39 is 21.1 Å². The topological polar surface area (TPSA) is 109 Å². The predicted molar refractivity (Wildman–Crippen MR) is 147 cm³/mol. The largest absolute Gasteiger partial charge is 0.467 e. The molecular weight excluding hydrogens is 524 g/mol. The van der Waals surface area contributed by atoms with Crippen molar-refractivity contribution in [2.45, 2.75) is 36.1 Å². The average Bonchev–Trinajstić information content (AvgIpc) is 3.64. The van der Waals surface area contributed by atoms with E-state index in [9.17, 15) is 19.7 Å². The fourth-order valence-electron chi connectivity index (χ4n) is 6.24. The Morgan fingerprint density at radius 3 is 2.74 bits per heavy atom. The van der Waals surface area contributed by atoms with Gasteiger partial charge in [-0.3, -0.25) is 29.5 Å². The number of anilines is 1. The Labute approximate surface area is 228 Å². The quantitative estimate of drug-likeness (QED) is 0.284. The summed E-state index contributed by atoms with van der Waals surface area (Å²) in [5.74, 6) is -0.615. The van der Waals surface area contributed by atoms with E-state index in [-0.39, 0.29) is 24.0 Å². The molecule has 0 saturated carbocycles. The van der Waals surface area contributed by atoms with Crippen molar-refractivity contribution in [3.05, 3.63) is 93.4 Å². The van der Waals surface area contributed by atoms with Crippen molar-refractivity contribution in [2.24, 2.45) is 0 Å². The fraction of sp³-hybridized carbons (Fsp3) is 0.296. The Bertz CT molecular complexity index is 1510. The second kappa shape index (κ2) is 8.75. The highest BCUT2D eigenvalue weighted by Gasteiger charge is 2.77. The van der Waals surface area contributed by atoms with Crippen molar-refractivity contribution in [3.63, 3.8) is 0 Å². The second-order valence-corrected chi connectivity index (χ2v) is 11.6. The normalized spacial score (nSPS) is 26.5. The maximum Gasteiger partial charge on any atom is 0.269 e. The van der Waals surface area contributed by atoms with Gasteiger partial charge in [0.1, 0.15) is 14.8 Å². The number of nitro groups is 1. The first-order valence-corrected chi connectivity index (χ1v) is 13.4. The van der Waals surface area contributed by atoms with Crippen molar-refractivity contribution in [3.8, 4) is 0 Å². The Hall–Kier alpha value is -3.54. The minimum absolute atomic E-state index is 0.0729. The molecule has 1 N–H and O–H groups in total. The summed E-state index contributed by atoms with van der Waals surface area (Å²) in [5.41, 5.74) is 1.57. The van der Waals surface area contributed by atoms with Crippen LogP contribution >= 0.6 is 24.0 Å². The third kappa shape index (κ3) is 3.18. The van der Waals surface area contributed by atoms with Crippen LogP contribution in [0.2, 0.25) is 0 Å². The van der Waals surface area contributed by atoms with Gasteiger partial charge in [0.15, 0.2) is 5.54 Å². The summed E-state index contributed by atoms with van der Waals surface area (Å²) in [7, 11) is 1.83. The molecule has 2 fully saturated rings. The number of carbonyl (C=O) groups is 2. The Kier molecular flexibility index (Phi) is 5.71. The van der Waals surface area contributed by atoms with Gasteiger partial charge in [0.25, 0.3) is 11.6 Å². The molecule has 0 radical (unpaired) electrons. The van der Waals surface area contributed by atoms with Crippen LogP contribution in [0.4, 0.5) is 11.4 Å². The Morgan fingerprint density at radius 2 is 2.03 bits per heavy atom. The van der Waals surface area contributed by atoms with E-state index in [1.807, 2.05) is 37.1 Å². The number of hydrogen-bond acceptors (Lipinski definition) is 8. The Balaban J connectivity index is 1.60. The number of nitrogens with one attached hydrogen (secondary N) is 1. The van der Waals surface area contributed by atoms with Gasteiger partial charge < -0.3 is 9.73 Å². The van der Waals surface area contributed by atoms with Crippen LogP contribution in [0, 0.1) is 10.1 Å². The van der Waals surface area contributed by atoms with Crippen LogP contribution in [0.25, 0.3) is 0 Å². The molecule has 2 amide bonds. The number of likely N-dealkylation sites (N-methyl/N-ethyl adjacent to an activating group) is 1. The van der Waals surface area contributed by atoms with E-state index >= 15 is 0 Å². The number of rotatable bonds is 5. The SMILES string of the molecule is CCc1ccc2c(c1)[C@]1(C(=O)N2)N(C)C[C@H](c2cccc([N+](=O)[O-])c2)[C@]12SC(=S)N(Cc1ccco1)C2=O. The van der Waals surface area contributed by atoms with Gasteiger partial charge in [0, 0.05) is 35.8 Å². The van der Waals surface area contributed by atoms with Gasteiger partial charge in [-0.2, -0.15) is 0 Å². The van der Waals surface area contributed by atoms with E-state index in [2.05, 4.69) is 5.32 Å². The predicted octanol–water partition coefficient (Wildman–Crippen LogP) is 4.43. The van der Waals surface area contributed by atoms with Gasteiger partial charge in [0.2, 0.25) is 5.91 Å². The molecule has 1 aromatic heterocycles. The van der Waals surface area contributed by atoms with Crippen LogP contribution in [0.15, 0.2) is 65.3 Å². The van der Waals surface area contributed by atoms with E-state index in [1.54, 1.807) is 24.3 Å². The molecule has 2 saturated heterocycles. The number of aryl methyl sites for hydroxylation is 1. The van der Waals surface area contributed by atoms with Crippen LogP contribution in [0.3, 0.4) is 0 Å². The van der Waals surface area contributed by atoms with Crippen molar-refractivity contribution in [2.75, 3.05) is 18.9 Å². The van der Waals surface area contributed by atoms with Crippen LogP contribution < -0.4 is 5.32 Å². The second-order valence-electron chi connectivity index (χ2n) is 9.76. The molecular formula is C27H24N4O5S2. The number of carbonyl (C=O) groups excluding carboxylic acids is 2. The molecule has 3 atom stereocenters. The van der Waals surface area contributed by atoms with Gasteiger partial charge >= 0.3 is 0 Å². The highest BCUT2D eigenvalue weighted by molar-refractivity contribution is 8.25. The summed E-state index contributed by atoms with van der Waals surface area (Å²) in [6.45, 7) is 2.49. The van der Waals surface area contributed by atoms with Crippen LogP contribution in [-0.4, -0.2) is 49.2 Å². The van der Waals surface area contributed by atoms with Crippen LogP contribution in [0.5, 0.6) is 0 Å². The maximum atomic E-state index is 14.7. The van der Waals surface area contributed by atoms with Crippen molar-refractivity contribution in [1.29, 1.82) is 0 Å². The third-order valence-corrected chi connectivity index (χ3v) is 9.87. The van der Waals surface area contributed by atoms with E-state index in [0.29, 0.717) is 27.9 Å². The summed E-state index contributed by atoms with van der Waals surface area (Å²) >= 11 is 6.99. The zero-order valence-electron chi connectivity index (χ0n) is 20.7. The molecule has 3 aliphatic heterocycles. The summed E-state index contributed by atoms with van der Waals surface area (Å²) in [4.78, 5) is 43.5. The van der Waals surface area contributed by atoms with Gasteiger partial charge in [-0.05, 0) is 42.8 Å². The molecule has 3 aromatic rings. The number of non-ortho nitro benzene ring substituents is 1. The molecule has 6 rings (SSSR count). The van der Waals surface area contributed by atoms with E-state index in [0.717, 1.165) is 17.5 Å². The number of amides is 2. The lowest BCUT2D eigenvalue weighted by Crippen LogP contribution is -2.61. The van der Waals surface area contributed by atoms with Crippen LogP contribution in [0.1, 0.15) is 35.3 Å². The lowest BCUT2D eigenvalue weighted by Gasteiger charge is -2.41. The average molecular weight is 549 g/mol. The molecule has 194 valence electrons. The molecule has 2 aromatic carbocycles. The summed E-state index contributed by atoms with van der Waals surface area (Å²) in [6.07, 6.45) is 2.29. The molecule has 9 nitrogen and oxygen atoms in total. The number of thioether (sulfide) groups is 1. The molecule has 38 heavy (non-hydrogen) atoms. The van der Waals surface area contributed by atoms with Crippen LogP contribution in [-0.2, 0) is 28.1 Å². The summed E-state index contributed by atoms with van der Waals surface area (Å²) < 4.78 is 4.45. The molecule has 0 bridgehead atoms. The number of likely N-dealkylation sites (tertiary alicyclic amines) is 1. The van der Waals surface area contributed by atoms with E-state index in [4.69, 9.17) is 16.6 Å². The first-order chi connectivity index (χ1) is 18.2. The van der Waals surface area contributed by atoms with Gasteiger partial charge in [0.05, 0.1) is 17.7 Å². The fourth-order valence-corrected chi connectivity index (χ4v) is 8.37.